The summed E-state index contributed by atoms with van der Waals surface area (Å²) in [5, 5.41) is 3.51. The number of nitrogens with zero attached hydrogens (tertiary/aromatic N) is 1. The quantitative estimate of drug-likeness (QED) is 0.868. The maximum atomic E-state index is 4.21. The van der Waals surface area contributed by atoms with E-state index in [1.54, 1.807) is 0 Å². The molecule has 2 nitrogen and oxygen atoms in total. The second kappa shape index (κ2) is 6.48. The SMILES string of the molecule is CCCNC(C)c1ccc(-c2cnccc2C)cc1. The summed E-state index contributed by atoms with van der Waals surface area (Å²) in [6, 6.07) is 11.2. The van der Waals surface area contributed by atoms with E-state index in [9.17, 15) is 0 Å². The van der Waals surface area contributed by atoms with E-state index in [0.717, 1.165) is 13.0 Å². The van der Waals surface area contributed by atoms with Gasteiger partial charge < -0.3 is 5.32 Å². The summed E-state index contributed by atoms with van der Waals surface area (Å²) in [5.74, 6) is 0. The molecule has 1 atom stereocenters. The van der Waals surface area contributed by atoms with Crippen molar-refractivity contribution >= 4 is 0 Å². The summed E-state index contributed by atoms with van der Waals surface area (Å²) in [5.41, 5.74) is 5.04. The van der Waals surface area contributed by atoms with Crippen LogP contribution in [0, 0.1) is 6.92 Å². The number of aromatic nitrogens is 1. The monoisotopic (exact) mass is 254 g/mol. The molecule has 0 aliphatic carbocycles. The molecule has 0 spiro atoms. The van der Waals surface area contributed by atoms with Crippen LogP contribution in [0.25, 0.3) is 11.1 Å². The Morgan fingerprint density at radius 1 is 1.16 bits per heavy atom. The fourth-order valence-corrected chi connectivity index (χ4v) is 2.20. The predicted octanol–water partition coefficient (Wildman–Crippen LogP) is 4.12. The first-order chi connectivity index (χ1) is 9.22. The van der Waals surface area contributed by atoms with E-state index in [1.165, 1.54) is 22.3 Å². The van der Waals surface area contributed by atoms with Crippen LogP contribution in [-0.4, -0.2) is 11.5 Å². The summed E-state index contributed by atoms with van der Waals surface area (Å²) in [6.07, 6.45) is 4.93. The number of hydrogen-bond donors (Lipinski definition) is 1. The normalized spacial score (nSPS) is 12.4. The molecule has 0 bridgehead atoms. The van der Waals surface area contributed by atoms with Crippen LogP contribution in [0.2, 0.25) is 0 Å². The molecular formula is C17H22N2. The Morgan fingerprint density at radius 2 is 1.89 bits per heavy atom. The standard InChI is InChI=1S/C17H22N2/c1-4-10-19-14(3)15-5-7-16(8-6-15)17-12-18-11-9-13(17)2/h5-9,11-12,14,19H,4,10H2,1-3H3. The number of aryl methyl sites for hydroxylation is 1. The van der Waals surface area contributed by atoms with Crippen LogP contribution < -0.4 is 5.32 Å². The first-order valence-corrected chi connectivity index (χ1v) is 6.96. The molecule has 1 heterocycles. The zero-order valence-electron chi connectivity index (χ0n) is 12.0. The third kappa shape index (κ3) is 3.42. The van der Waals surface area contributed by atoms with Crippen LogP contribution in [-0.2, 0) is 0 Å². The minimum absolute atomic E-state index is 0.406. The Bertz CT molecular complexity index is 517. The Hall–Kier alpha value is -1.67. The lowest BCUT2D eigenvalue weighted by Crippen LogP contribution is -2.19. The van der Waals surface area contributed by atoms with Gasteiger partial charge >= 0.3 is 0 Å². The summed E-state index contributed by atoms with van der Waals surface area (Å²) < 4.78 is 0. The maximum Gasteiger partial charge on any atom is 0.0349 e. The Labute approximate surface area is 115 Å². The molecule has 1 unspecified atom stereocenters. The van der Waals surface area contributed by atoms with Gasteiger partial charge in [0, 0.05) is 24.0 Å². The van der Waals surface area contributed by atoms with E-state index in [4.69, 9.17) is 0 Å². The summed E-state index contributed by atoms with van der Waals surface area (Å²) in [6.45, 7) is 7.58. The highest BCUT2D eigenvalue weighted by Gasteiger charge is 2.05. The zero-order valence-corrected chi connectivity index (χ0v) is 12.0. The van der Waals surface area contributed by atoms with Crippen molar-refractivity contribution in [2.75, 3.05) is 6.54 Å². The smallest absolute Gasteiger partial charge is 0.0349 e. The third-order valence-corrected chi connectivity index (χ3v) is 3.46. The highest BCUT2D eigenvalue weighted by atomic mass is 14.9. The number of pyridine rings is 1. The molecule has 1 N–H and O–H groups in total. The molecule has 100 valence electrons. The van der Waals surface area contributed by atoms with E-state index < -0.39 is 0 Å². The van der Waals surface area contributed by atoms with E-state index in [0.29, 0.717) is 6.04 Å². The lowest BCUT2D eigenvalue weighted by molar-refractivity contribution is 0.571. The molecule has 0 saturated heterocycles. The average Bonchev–Trinajstić information content (AvgIpc) is 2.45. The van der Waals surface area contributed by atoms with Crippen LogP contribution in [0.15, 0.2) is 42.7 Å². The van der Waals surface area contributed by atoms with Crippen molar-refractivity contribution in [3.63, 3.8) is 0 Å². The fraction of sp³-hybridized carbons (Fsp3) is 0.353. The van der Waals surface area contributed by atoms with Gasteiger partial charge in [-0.05, 0) is 49.6 Å². The van der Waals surface area contributed by atoms with Crippen molar-refractivity contribution in [1.29, 1.82) is 0 Å². The number of benzene rings is 1. The molecule has 19 heavy (non-hydrogen) atoms. The van der Waals surface area contributed by atoms with Crippen LogP contribution in [0.5, 0.6) is 0 Å². The van der Waals surface area contributed by atoms with Crippen molar-refractivity contribution in [3.8, 4) is 11.1 Å². The van der Waals surface area contributed by atoms with Gasteiger partial charge in [-0.25, -0.2) is 0 Å². The highest BCUT2D eigenvalue weighted by molar-refractivity contribution is 5.66. The van der Waals surface area contributed by atoms with Crippen LogP contribution in [0.4, 0.5) is 0 Å². The summed E-state index contributed by atoms with van der Waals surface area (Å²) in [7, 11) is 0. The van der Waals surface area contributed by atoms with E-state index in [1.807, 2.05) is 12.4 Å². The topological polar surface area (TPSA) is 24.9 Å². The molecule has 0 aliphatic rings. The molecule has 0 fully saturated rings. The molecule has 0 radical (unpaired) electrons. The van der Waals surface area contributed by atoms with Gasteiger partial charge in [-0.15, -0.1) is 0 Å². The molecule has 1 aromatic heterocycles. The third-order valence-electron chi connectivity index (χ3n) is 3.46. The fourth-order valence-electron chi connectivity index (χ4n) is 2.20. The van der Waals surface area contributed by atoms with Gasteiger partial charge in [0.15, 0.2) is 0 Å². The minimum atomic E-state index is 0.406. The van der Waals surface area contributed by atoms with Gasteiger partial charge in [0.05, 0.1) is 0 Å². The first-order valence-electron chi connectivity index (χ1n) is 6.96. The molecule has 2 heteroatoms. The van der Waals surface area contributed by atoms with Gasteiger partial charge in [-0.2, -0.15) is 0 Å². The Morgan fingerprint density at radius 3 is 2.53 bits per heavy atom. The van der Waals surface area contributed by atoms with Gasteiger partial charge in [-0.1, -0.05) is 31.2 Å². The van der Waals surface area contributed by atoms with Crippen molar-refractivity contribution in [1.82, 2.24) is 10.3 Å². The van der Waals surface area contributed by atoms with Crippen LogP contribution >= 0.6 is 0 Å². The molecule has 2 aromatic rings. The number of hydrogen-bond acceptors (Lipinski definition) is 2. The van der Waals surface area contributed by atoms with Crippen molar-refractivity contribution in [3.05, 3.63) is 53.9 Å². The van der Waals surface area contributed by atoms with Crippen molar-refractivity contribution in [2.45, 2.75) is 33.2 Å². The van der Waals surface area contributed by atoms with Gasteiger partial charge in [0.1, 0.15) is 0 Å². The molecule has 0 aliphatic heterocycles. The lowest BCUT2D eigenvalue weighted by Gasteiger charge is -2.14. The molecule has 0 amide bonds. The summed E-state index contributed by atoms with van der Waals surface area (Å²) >= 11 is 0. The first kappa shape index (κ1) is 13.8. The van der Waals surface area contributed by atoms with Crippen molar-refractivity contribution < 1.29 is 0 Å². The molecule has 2 rings (SSSR count). The van der Waals surface area contributed by atoms with Crippen molar-refractivity contribution in [2.24, 2.45) is 0 Å². The van der Waals surface area contributed by atoms with Gasteiger partial charge in [0.25, 0.3) is 0 Å². The Balaban J connectivity index is 2.17. The average molecular weight is 254 g/mol. The van der Waals surface area contributed by atoms with E-state index in [2.05, 4.69) is 61.4 Å². The van der Waals surface area contributed by atoms with Gasteiger partial charge in [0.2, 0.25) is 0 Å². The minimum Gasteiger partial charge on any atom is -0.310 e. The van der Waals surface area contributed by atoms with E-state index in [-0.39, 0.29) is 0 Å². The summed E-state index contributed by atoms with van der Waals surface area (Å²) in [4.78, 5) is 4.21. The second-order valence-corrected chi connectivity index (χ2v) is 4.99. The molecular weight excluding hydrogens is 232 g/mol. The zero-order chi connectivity index (χ0) is 13.7. The second-order valence-electron chi connectivity index (χ2n) is 4.99. The number of rotatable bonds is 5. The molecule has 1 aromatic carbocycles. The van der Waals surface area contributed by atoms with Gasteiger partial charge in [-0.3, -0.25) is 4.98 Å². The lowest BCUT2D eigenvalue weighted by atomic mass is 10.00. The molecule has 0 saturated carbocycles. The maximum absolute atomic E-state index is 4.21. The Kier molecular flexibility index (Phi) is 4.69. The largest absolute Gasteiger partial charge is 0.310 e. The van der Waals surface area contributed by atoms with E-state index >= 15 is 0 Å². The predicted molar refractivity (Wildman–Crippen MR) is 81.1 cm³/mol. The highest BCUT2D eigenvalue weighted by Crippen LogP contribution is 2.24. The van der Waals surface area contributed by atoms with Crippen LogP contribution in [0.1, 0.15) is 37.4 Å². The number of nitrogens with one attached hydrogen (secondary N) is 1. The van der Waals surface area contributed by atoms with Crippen LogP contribution in [0.3, 0.4) is 0 Å².